The van der Waals surface area contributed by atoms with Crippen LogP contribution in [-0.2, 0) is 17.3 Å². The van der Waals surface area contributed by atoms with Gasteiger partial charge in [-0.25, -0.2) is 0 Å². The molecule has 4 heteroatoms. The Balaban J connectivity index is 1.20. The Hall–Kier alpha value is -3.03. The van der Waals surface area contributed by atoms with E-state index in [-0.39, 0.29) is 10.8 Å². The molecule has 0 atom stereocenters. The molecule has 1 fully saturated rings. The van der Waals surface area contributed by atoms with E-state index in [1.54, 1.807) is 0 Å². The SMILES string of the molecule is C=C1N(C)c2ccc(CCCN3CCC4(CC3)C(=C)Nc3ccc(C#N)cc34)cc2C1(C)C. The molecule has 3 aliphatic rings. The molecule has 33 heavy (non-hydrogen) atoms. The lowest BCUT2D eigenvalue weighted by molar-refractivity contribution is 0.179. The maximum atomic E-state index is 9.35. The van der Waals surface area contributed by atoms with Crippen LogP contribution >= 0.6 is 0 Å². The molecule has 170 valence electrons. The number of nitrogens with one attached hydrogen (secondary N) is 1. The summed E-state index contributed by atoms with van der Waals surface area (Å²) in [6.07, 6.45) is 4.38. The zero-order chi connectivity index (χ0) is 23.4. The number of anilines is 2. The molecule has 0 amide bonds. The number of nitriles is 1. The van der Waals surface area contributed by atoms with Crippen molar-refractivity contribution in [1.82, 2.24) is 4.90 Å². The largest absolute Gasteiger partial charge is 0.358 e. The summed E-state index contributed by atoms with van der Waals surface area (Å²) in [4.78, 5) is 4.82. The van der Waals surface area contributed by atoms with Crippen molar-refractivity contribution in [3.05, 3.63) is 83.2 Å². The Kier molecular flexibility index (Phi) is 5.14. The molecular weight excluding hydrogens is 404 g/mol. The molecule has 0 aliphatic carbocycles. The number of hydrogen-bond donors (Lipinski definition) is 1. The maximum Gasteiger partial charge on any atom is 0.0991 e. The average molecular weight is 439 g/mol. The van der Waals surface area contributed by atoms with E-state index in [1.807, 2.05) is 12.1 Å². The smallest absolute Gasteiger partial charge is 0.0991 e. The van der Waals surface area contributed by atoms with Crippen molar-refractivity contribution in [2.75, 3.05) is 36.9 Å². The third-order valence-electron chi connectivity index (χ3n) is 8.40. The van der Waals surface area contributed by atoms with Crippen LogP contribution in [0.4, 0.5) is 11.4 Å². The van der Waals surface area contributed by atoms with Gasteiger partial charge < -0.3 is 15.1 Å². The third-order valence-corrected chi connectivity index (χ3v) is 8.40. The molecule has 3 heterocycles. The Bertz CT molecular complexity index is 1170. The first kappa shape index (κ1) is 21.8. The predicted octanol–water partition coefficient (Wildman–Crippen LogP) is 5.70. The number of rotatable bonds is 4. The highest BCUT2D eigenvalue weighted by atomic mass is 15.2. The molecule has 5 rings (SSSR count). The van der Waals surface area contributed by atoms with Crippen LogP contribution in [0.5, 0.6) is 0 Å². The summed E-state index contributed by atoms with van der Waals surface area (Å²) in [6, 6.07) is 15.2. The van der Waals surface area contributed by atoms with Gasteiger partial charge in [0, 0.05) is 40.6 Å². The summed E-state index contributed by atoms with van der Waals surface area (Å²) in [5.41, 5.74) is 9.47. The van der Waals surface area contributed by atoms with E-state index in [0.29, 0.717) is 0 Å². The van der Waals surface area contributed by atoms with Crippen molar-refractivity contribution in [2.24, 2.45) is 0 Å². The first-order valence-corrected chi connectivity index (χ1v) is 12.1. The minimum absolute atomic E-state index is 0.000692. The number of fused-ring (bicyclic) bond motifs is 3. The van der Waals surface area contributed by atoms with Gasteiger partial charge >= 0.3 is 0 Å². The second kappa shape index (κ2) is 7.78. The van der Waals surface area contributed by atoms with Crippen LogP contribution in [0.15, 0.2) is 61.0 Å². The second-order valence-electron chi connectivity index (χ2n) is 10.5. The molecule has 0 radical (unpaired) electrons. The van der Waals surface area contributed by atoms with Crippen molar-refractivity contribution in [1.29, 1.82) is 5.26 Å². The van der Waals surface area contributed by atoms with Crippen LogP contribution < -0.4 is 10.2 Å². The molecule has 2 aromatic rings. The highest BCUT2D eigenvalue weighted by molar-refractivity contribution is 5.70. The molecule has 0 bridgehead atoms. The van der Waals surface area contributed by atoms with Gasteiger partial charge in [0.2, 0.25) is 0 Å². The van der Waals surface area contributed by atoms with Crippen molar-refractivity contribution in [3.8, 4) is 6.07 Å². The van der Waals surface area contributed by atoms with Gasteiger partial charge in [0.25, 0.3) is 0 Å². The number of benzene rings is 2. The normalized spacial score (nSPS) is 20.5. The number of nitrogens with zero attached hydrogens (tertiary/aromatic N) is 3. The third kappa shape index (κ3) is 3.38. The zero-order valence-corrected chi connectivity index (χ0v) is 20.2. The van der Waals surface area contributed by atoms with E-state index in [0.717, 1.165) is 62.3 Å². The number of allylic oxidation sites excluding steroid dienone is 2. The fraction of sp³-hybridized carbons (Fsp3) is 0.414. The van der Waals surface area contributed by atoms with Crippen LogP contribution in [0.1, 0.15) is 55.4 Å². The molecule has 0 aromatic heterocycles. The van der Waals surface area contributed by atoms with Gasteiger partial charge in [-0.1, -0.05) is 39.1 Å². The fourth-order valence-corrected chi connectivity index (χ4v) is 6.05. The molecule has 1 spiro atoms. The van der Waals surface area contributed by atoms with E-state index < -0.39 is 0 Å². The standard InChI is InChI=1S/C29H34N4/c1-20-29(24-18-23(19-30)8-10-26(24)31-20)12-15-33(16-13-29)14-6-7-22-9-11-27-25(17-22)28(3,4)21(2)32(27)5/h8-11,17-18,31H,1-2,6-7,12-16H2,3-5H3. The Morgan fingerprint density at radius 3 is 2.55 bits per heavy atom. The van der Waals surface area contributed by atoms with Crippen LogP contribution in [-0.4, -0.2) is 31.6 Å². The lowest BCUT2D eigenvalue weighted by atomic mass is 9.72. The van der Waals surface area contributed by atoms with E-state index in [4.69, 9.17) is 0 Å². The quantitative estimate of drug-likeness (QED) is 0.664. The van der Waals surface area contributed by atoms with Crippen LogP contribution in [0, 0.1) is 11.3 Å². The number of hydrogen-bond acceptors (Lipinski definition) is 4. The van der Waals surface area contributed by atoms with Gasteiger partial charge in [-0.05, 0) is 86.3 Å². The summed E-state index contributed by atoms with van der Waals surface area (Å²) >= 11 is 0. The summed E-state index contributed by atoms with van der Waals surface area (Å²) in [7, 11) is 2.12. The monoisotopic (exact) mass is 438 g/mol. The molecule has 0 saturated carbocycles. The summed E-state index contributed by atoms with van der Waals surface area (Å²) < 4.78 is 0. The number of piperidine rings is 1. The second-order valence-corrected chi connectivity index (χ2v) is 10.5. The Labute approximate surface area is 198 Å². The highest BCUT2D eigenvalue weighted by Crippen LogP contribution is 2.50. The van der Waals surface area contributed by atoms with Gasteiger partial charge in [-0.15, -0.1) is 0 Å². The lowest BCUT2D eigenvalue weighted by Crippen LogP contribution is -2.43. The molecular formula is C29H34N4. The van der Waals surface area contributed by atoms with E-state index in [2.05, 4.69) is 79.5 Å². The first-order valence-electron chi connectivity index (χ1n) is 12.1. The summed E-state index contributed by atoms with van der Waals surface area (Å²) in [5, 5.41) is 12.8. The minimum atomic E-state index is -0.0291. The number of likely N-dealkylation sites (N-methyl/N-ethyl adjacent to an activating group) is 1. The van der Waals surface area contributed by atoms with E-state index >= 15 is 0 Å². The average Bonchev–Trinajstić information content (AvgIpc) is 3.18. The lowest BCUT2D eigenvalue weighted by Gasteiger charge is -2.40. The molecule has 1 saturated heterocycles. The maximum absolute atomic E-state index is 9.35. The van der Waals surface area contributed by atoms with Crippen LogP contribution in [0.25, 0.3) is 0 Å². The minimum Gasteiger partial charge on any atom is -0.358 e. The molecule has 4 nitrogen and oxygen atoms in total. The summed E-state index contributed by atoms with van der Waals surface area (Å²) in [6.45, 7) is 16.5. The van der Waals surface area contributed by atoms with Gasteiger partial charge in [-0.3, -0.25) is 0 Å². The van der Waals surface area contributed by atoms with Gasteiger partial charge in [0.15, 0.2) is 0 Å². The van der Waals surface area contributed by atoms with Crippen molar-refractivity contribution in [2.45, 2.75) is 50.4 Å². The fourth-order valence-electron chi connectivity index (χ4n) is 6.05. The first-order chi connectivity index (χ1) is 15.8. The van der Waals surface area contributed by atoms with Crippen molar-refractivity contribution in [3.63, 3.8) is 0 Å². The van der Waals surface area contributed by atoms with E-state index in [1.165, 1.54) is 28.1 Å². The molecule has 0 unspecified atom stereocenters. The zero-order valence-electron chi connectivity index (χ0n) is 20.2. The number of likely N-dealkylation sites (tertiary alicyclic amines) is 1. The van der Waals surface area contributed by atoms with Crippen LogP contribution in [0.3, 0.4) is 0 Å². The van der Waals surface area contributed by atoms with Crippen molar-refractivity contribution < 1.29 is 0 Å². The van der Waals surface area contributed by atoms with Gasteiger partial charge in [0.05, 0.1) is 11.6 Å². The van der Waals surface area contributed by atoms with Crippen LogP contribution in [0.2, 0.25) is 0 Å². The van der Waals surface area contributed by atoms with Crippen molar-refractivity contribution >= 4 is 11.4 Å². The molecule has 1 N–H and O–H groups in total. The highest BCUT2D eigenvalue weighted by Gasteiger charge is 2.44. The van der Waals surface area contributed by atoms with E-state index in [9.17, 15) is 5.26 Å². The molecule has 3 aliphatic heterocycles. The number of aryl methyl sites for hydroxylation is 1. The Morgan fingerprint density at radius 2 is 1.82 bits per heavy atom. The predicted molar refractivity (Wildman–Crippen MR) is 137 cm³/mol. The van der Waals surface area contributed by atoms with Gasteiger partial charge in [-0.2, -0.15) is 5.26 Å². The molecule has 2 aromatic carbocycles. The Morgan fingerprint density at radius 1 is 1.06 bits per heavy atom. The topological polar surface area (TPSA) is 42.3 Å². The summed E-state index contributed by atoms with van der Waals surface area (Å²) in [5.74, 6) is 0. The van der Waals surface area contributed by atoms with Gasteiger partial charge in [0.1, 0.15) is 0 Å².